The maximum Gasteiger partial charge on any atom is 0.283 e. The molecule has 0 spiro atoms. The fourth-order valence-corrected chi connectivity index (χ4v) is 7.70. The Morgan fingerprint density at radius 3 is 2.09 bits per heavy atom. The van der Waals surface area contributed by atoms with E-state index in [0.717, 1.165) is 59.6 Å². The van der Waals surface area contributed by atoms with Crippen LogP contribution in [0.15, 0.2) is 80.5 Å². The van der Waals surface area contributed by atoms with Crippen molar-refractivity contribution in [3.8, 4) is 22.6 Å². The summed E-state index contributed by atoms with van der Waals surface area (Å²) in [5.41, 5.74) is 4.32. The standard InChI is InChI=1S/C34H37N5O7S/c1-21-31(22(2)46-35-21)23-6-8-24(9-7-23)33-32(25-18-28(44-4)20-29(19-25)45-5)34(38(33)26-14-16-37(3)17-15-26)36-47(42,43)30-12-10-27(11-13-30)39(40)41/h6-13,18-20,26,32-33H,14-17H2,1-5H3. The third-order valence-corrected chi connectivity index (χ3v) is 10.4. The van der Waals surface area contributed by atoms with Crippen molar-refractivity contribution >= 4 is 21.5 Å². The molecule has 0 aliphatic carbocycles. The number of likely N-dealkylation sites (tertiary alicyclic amines) is 2. The molecule has 0 bridgehead atoms. The fraction of sp³-hybridized carbons (Fsp3) is 0.353. The van der Waals surface area contributed by atoms with Crippen LogP contribution in [-0.4, -0.2) is 74.5 Å². The Balaban J connectivity index is 1.50. The lowest BCUT2D eigenvalue weighted by atomic mass is 9.75. The van der Waals surface area contributed by atoms with Gasteiger partial charge in [-0.1, -0.05) is 29.4 Å². The number of rotatable bonds is 9. The molecule has 0 saturated carbocycles. The van der Waals surface area contributed by atoms with Crippen molar-refractivity contribution < 1.29 is 27.3 Å². The van der Waals surface area contributed by atoms with Crippen molar-refractivity contribution in [2.75, 3.05) is 34.4 Å². The Morgan fingerprint density at radius 2 is 1.55 bits per heavy atom. The normalized spacial score (nSPS) is 19.9. The van der Waals surface area contributed by atoms with Crippen LogP contribution in [0.5, 0.6) is 11.5 Å². The molecule has 3 heterocycles. The highest BCUT2D eigenvalue weighted by Gasteiger charge is 2.51. The van der Waals surface area contributed by atoms with Gasteiger partial charge in [-0.25, -0.2) is 0 Å². The summed E-state index contributed by atoms with van der Waals surface area (Å²) in [6, 6.07) is 18.4. The second-order valence-electron chi connectivity index (χ2n) is 12.0. The van der Waals surface area contributed by atoms with Gasteiger partial charge in [0.25, 0.3) is 15.7 Å². The summed E-state index contributed by atoms with van der Waals surface area (Å²) in [5.74, 6) is 1.83. The molecule has 6 rings (SSSR count). The van der Waals surface area contributed by atoms with Crippen molar-refractivity contribution in [3.63, 3.8) is 0 Å². The number of aromatic nitrogens is 1. The zero-order valence-electron chi connectivity index (χ0n) is 26.9. The monoisotopic (exact) mass is 659 g/mol. The van der Waals surface area contributed by atoms with Gasteiger partial charge in [-0.05, 0) is 87.8 Å². The highest BCUT2D eigenvalue weighted by Crippen LogP contribution is 2.51. The molecule has 0 amide bonds. The number of nitro benzene ring substituents is 1. The number of hydrogen-bond donors (Lipinski definition) is 0. The summed E-state index contributed by atoms with van der Waals surface area (Å²) in [7, 11) is 0.990. The quantitative estimate of drug-likeness (QED) is 0.157. The van der Waals surface area contributed by atoms with Crippen LogP contribution in [0.1, 0.15) is 47.4 Å². The zero-order chi connectivity index (χ0) is 33.5. The van der Waals surface area contributed by atoms with Crippen molar-refractivity contribution in [2.45, 2.75) is 49.6 Å². The van der Waals surface area contributed by atoms with Crippen LogP contribution in [0.25, 0.3) is 11.1 Å². The van der Waals surface area contributed by atoms with Crippen molar-refractivity contribution in [1.29, 1.82) is 0 Å². The summed E-state index contributed by atoms with van der Waals surface area (Å²) in [4.78, 5) is 15.0. The first-order chi connectivity index (χ1) is 22.5. The van der Waals surface area contributed by atoms with Crippen LogP contribution in [0.2, 0.25) is 0 Å². The molecule has 3 aromatic carbocycles. The number of amidine groups is 1. The fourth-order valence-electron chi connectivity index (χ4n) is 6.67. The molecule has 4 aromatic rings. The van der Waals surface area contributed by atoms with Gasteiger partial charge in [0.1, 0.15) is 23.1 Å². The summed E-state index contributed by atoms with van der Waals surface area (Å²) in [6.07, 6.45) is 1.66. The highest BCUT2D eigenvalue weighted by molar-refractivity contribution is 7.90. The summed E-state index contributed by atoms with van der Waals surface area (Å²) >= 11 is 0. The van der Waals surface area contributed by atoms with E-state index in [2.05, 4.69) is 38.5 Å². The molecule has 2 fully saturated rings. The van der Waals surface area contributed by atoms with E-state index < -0.39 is 20.9 Å². The number of methoxy groups -OCH3 is 2. The number of hydrogen-bond acceptors (Lipinski definition) is 9. The SMILES string of the molecule is COc1cc(OC)cc(C2C(=NS(=O)(=O)c3ccc([N+](=O)[O-])cc3)N(C3CCN(C)CC3)C2c2ccc(-c3c(C)noc3C)cc2)c1. The van der Waals surface area contributed by atoms with Crippen LogP contribution >= 0.6 is 0 Å². The first kappa shape index (κ1) is 32.2. The average molecular weight is 660 g/mol. The van der Waals surface area contributed by atoms with E-state index in [1.807, 2.05) is 38.1 Å². The van der Waals surface area contributed by atoms with Gasteiger partial charge >= 0.3 is 0 Å². The number of aryl methyl sites for hydroxylation is 2. The predicted octanol–water partition coefficient (Wildman–Crippen LogP) is 5.91. The molecule has 2 aliphatic rings. The topological polar surface area (TPSA) is 141 Å². The lowest BCUT2D eigenvalue weighted by Crippen LogP contribution is -2.60. The van der Waals surface area contributed by atoms with Crippen LogP contribution in [0.4, 0.5) is 5.69 Å². The van der Waals surface area contributed by atoms with E-state index in [9.17, 15) is 18.5 Å². The highest BCUT2D eigenvalue weighted by atomic mass is 32.2. The van der Waals surface area contributed by atoms with Crippen molar-refractivity contribution in [1.82, 2.24) is 15.0 Å². The molecule has 2 atom stereocenters. The molecule has 2 unspecified atom stereocenters. The minimum absolute atomic E-state index is 0.0352. The third kappa shape index (κ3) is 6.20. The molecule has 13 heteroatoms. The second-order valence-corrected chi connectivity index (χ2v) is 13.6. The Labute approximate surface area is 273 Å². The molecule has 1 aromatic heterocycles. The largest absolute Gasteiger partial charge is 0.497 e. The van der Waals surface area contributed by atoms with Gasteiger partial charge in [0.15, 0.2) is 0 Å². The summed E-state index contributed by atoms with van der Waals surface area (Å²) in [5, 5.41) is 15.3. The van der Waals surface area contributed by atoms with E-state index in [4.69, 9.17) is 14.0 Å². The van der Waals surface area contributed by atoms with Gasteiger partial charge in [-0.2, -0.15) is 8.42 Å². The lowest BCUT2D eigenvalue weighted by Gasteiger charge is -2.55. The van der Waals surface area contributed by atoms with E-state index in [1.165, 1.54) is 24.3 Å². The third-order valence-electron chi connectivity index (χ3n) is 9.11. The maximum atomic E-state index is 13.8. The Hall–Kier alpha value is -4.75. The van der Waals surface area contributed by atoms with E-state index >= 15 is 0 Å². The van der Waals surface area contributed by atoms with Gasteiger partial charge < -0.3 is 23.8 Å². The molecular formula is C34H37N5O7S. The smallest absolute Gasteiger partial charge is 0.283 e. The Bertz CT molecular complexity index is 1870. The van der Waals surface area contributed by atoms with Crippen LogP contribution in [-0.2, 0) is 10.0 Å². The van der Waals surface area contributed by atoms with E-state index in [0.29, 0.717) is 17.3 Å². The minimum atomic E-state index is -4.24. The van der Waals surface area contributed by atoms with Gasteiger partial charge in [-0.15, -0.1) is 4.40 Å². The molecular weight excluding hydrogens is 622 g/mol. The molecule has 0 N–H and O–H groups in total. The lowest BCUT2D eigenvalue weighted by molar-refractivity contribution is -0.384. The number of nitro groups is 1. The van der Waals surface area contributed by atoms with Gasteiger partial charge in [0, 0.05) is 29.8 Å². The molecule has 47 heavy (non-hydrogen) atoms. The Kier molecular flexibility index (Phi) is 8.77. The van der Waals surface area contributed by atoms with Gasteiger partial charge in [-0.3, -0.25) is 10.1 Å². The Morgan fingerprint density at radius 1 is 0.936 bits per heavy atom. The van der Waals surface area contributed by atoms with Crippen molar-refractivity contribution in [2.24, 2.45) is 4.40 Å². The molecule has 2 saturated heterocycles. The number of piperidine rings is 1. The first-order valence-corrected chi connectivity index (χ1v) is 16.8. The molecule has 246 valence electrons. The minimum Gasteiger partial charge on any atom is -0.497 e. The number of ether oxygens (including phenoxy) is 2. The molecule has 12 nitrogen and oxygen atoms in total. The van der Waals surface area contributed by atoms with Gasteiger partial charge in [0.05, 0.1) is 41.7 Å². The maximum absolute atomic E-state index is 13.8. The number of nitrogens with zero attached hydrogens (tertiary/aromatic N) is 5. The van der Waals surface area contributed by atoms with E-state index in [-0.39, 0.29) is 22.7 Å². The molecule has 0 radical (unpaired) electrons. The predicted molar refractivity (Wildman–Crippen MR) is 177 cm³/mol. The summed E-state index contributed by atoms with van der Waals surface area (Å²) < 4.78 is 48.8. The van der Waals surface area contributed by atoms with Crippen LogP contribution < -0.4 is 9.47 Å². The van der Waals surface area contributed by atoms with Crippen LogP contribution in [0, 0.1) is 24.0 Å². The first-order valence-electron chi connectivity index (χ1n) is 15.3. The zero-order valence-corrected chi connectivity index (χ0v) is 27.7. The molecule has 2 aliphatic heterocycles. The summed E-state index contributed by atoms with van der Waals surface area (Å²) in [6.45, 7) is 5.52. The van der Waals surface area contributed by atoms with Crippen molar-refractivity contribution in [3.05, 3.63) is 99.4 Å². The number of sulfonamides is 1. The van der Waals surface area contributed by atoms with E-state index in [1.54, 1.807) is 20.3 Å². The van der Waals surface area contributed by atoms with Gasteiger partial charge in [0.2, 0.25) is 0 Å². The average Bonchev–Trinajstić information content (AvgIpc) is 3.40. The second kappa shape index (κ2) is 12.8. The number of non-ortho nitro benzene ring substituents is 1. The van der Waals surface area contributed by atoms with Crippen LogP contribution in [0.3, 0.4) is 0 Å². The number of benzene rings is 3.